The van der Waals surface area contributed by atoms with Crippen LogP contribution in [0.25, 0.3) is 0 Å². The largest absolute Gasteiger partial charge is 0.494 e. The van der Waals surface area contributed by atoms with Gasteiger partial charge in [0.1, 0.15) is 12.3 Å². The number of amides is 2. The van der Waals surface area contributed by atoms with Crippen LogP contribution in [-0.2, 0) is 19.6 Å². The summed E-state index contributed by atoms with van der Waals surface area (Å²) >= 11 is 0. The molecule has 1 aliphatic heterocycles. The Morgan fingerprint density at radius 3 is 2.33 bits per heavy atom. The summed E-state index contributed by atoms with van der Waals surface area (Å²) in [7, 11) is -1.33. The van der Waals surface area contributed by atoms with Crippen molar-refractivity contribution in [3.05, 3.63) is 66.2 Å². The third-order valence-electron chi connectivity index (χ3n) is 6.51. The lowest BCUT2D eigenvalue weighted by Crippen LogP contribution is -2.38. The number of hydrogen-bond acceptors (Lipinski definition) is 7. The number of sulfonamides is 1. The molecule has 0 radical (unpaired) electrons. The summed E-state index contributed by atoms with van der Waals surface area (Å²) in [6.07, 6.45) is 1.33. The van der Waals surface area contributed by atoms with E-state index in [1.54, 1.807) is 47.4 Å². The van der Waals surface area contributed by atoms with Gasteiger partial charge < -0.3 is 24.4 Å². The summed E-state index contributed by atoms with van der Waals surface area (Å²) in [5, 5.41) is 2.79. The van der Waals surface area contributed by atoms with Gasteiger partial charge in [-0.1, -0.05) is 0 Å². The summed E-state index contributed by atoms with van der Waals surface area (Å²) in [4.78, 5) is 27.1. The zero-order chi connectivity index (χ0) is 28.9. The van der Waals surface area contributed by atoms with Gasteiger partial charge in [-0.05, 0) is 80.4 Å². The van der Waals surface area contributed by atoms with Crippen LogP contribution >= 0.6 is 0 Å². The van der Waals surface area contributed by atoms with Crippen LogP contribution in [-0.4, -0.2) is 54.1 Å². The molecule has 11 heteroatoms. The number of aryl methyl sites for hydroxylation is 1. The molecule has 10 nitrogen and oxygen atoms in total. The van der Waals surface area contributed by atoms with Crippen molar-refractivity contribution in [2.24, 2.45) is 0 Å². The highest BCUT2D eigenvalue weighted by Crippen LogP contribution is 2.33. The summed E-state index contributed by atoms with van der Waals surface area (Å²) in [5.41, 5.74) is 2.41. The second-order valence-electron chi connectivity index (χ2n) is 9.15. The van der Waals surface area contributed by atoms with E-state index in [0.29, 0.717) is 36.8 Å². The van der Waals surface area contributed by atoms with Gasteiger partial charge in [0.05, 0.1) is 31.4 Å². The van der Waals surface area contributed by atoms with Gasteiger partial charge in [0.15, 0.2) is 11.5 Å². The van der Waals surface area contributed by atoms with Gasteiger partial charge in [-0.3, -0.25) is 13.9 Å². The summed E-state index contributed by atoms with van der Waals surface area (Å²) < 4.78 is 44.8. The lowest BCUT2D eigenvalue weighted by molar-refractivity contribution is -0.117. The molecule has 212 valence electrons. The standard InChI is InChI=1S/C29H33N3O7S/c1-5-39-23-11-9-22(10-12-23)32(40(35,36)24-13-15-26(37-3)27(18-24)38-4)19-28(33)30-21-8-14-25(20(2)17-21)31-16-6-7-29(31)34/h8-15,17-18H,5-7,16,19H2,1-4H3,(H,30,33). The molecule has 0 saturated carbocycles. The molecule has 1 saturated heterocycles. The van der Waals surface area contributed by atoms with Crippen LogP contribution in [0.15, 0.2) is 65.6 Å². The zero-order valence-electron chi connectivity index (χ0n) is 23.0. The molecular formula is C29H33N3O7S. The van der Waals surface area contributed by atoms with E-state index in [-0.39, 0.29) is 22.2 Å². The summed E-state index contributed by atoms with van der Waals surface area (Å²) in [6, 6.07) is 16.0. The van der Waals surface area contributed by atoms with E-state index in [9.17, 15) is 18.0 Å². The van der Waals surface area contributed by atoms with Gasteiger partial charge in [-0.15, -0.1) is 0 Å². The molecule has 4 rings (SSSR count). The Bertz CT molecular complexity index is 1490. The fourth-order valence-corrected chi connectivity index (χ4v) is 6.00. The van der Waals surface area contributed by atoms with Gasteiger partial charge in [0.2, 0.25) is 11.8 Å². The average molecular weight is 568 g/mol. The third kappa shape index (κ3) is 6.15. The Morgan fingerprint density at radius 2 is 1.73 bits per heavy atom. The van der Waals surface area contributed by atoms with E-state index in [4.69, 9.17) is 14.2 Å². The minimum atomic E-state index is -4.20. The van der Waals surface area contributed by atoms with Crippen LogP contribution in [0.2, 0.25) is 0 Å². The summed E-state index contributed by atoms with van der Waals surface area (Å²) in [5.74, 6) is 0.729. The molecule has 0 aromatic heterocycles. The number of rotatable bonds is 11. The second kappa shape index (κ2) is 12.3. The van der Waals surface area contributed by atoms with Crippen LogP contribution < -0.4 is 28.7 Å². The molecule has 0 bridgehead atoms. The maximum Gasteiger partial charge on any atom is 0.264 e. The highest BCUT2D eigenvalue weighted by atomic mass is 32.2. The minimum absolute atomic E-state index is 0.0673. The smallest absolute Gasteiger partial charge is 0.264 e. The van der Waals surface area contributed by atoms with E-state index >= 15 is 0 Å². The van der Waals surface area contributed by atoms with Crippen molar-refractivity contribution in [1.82, 2.24) is 0 Å². The minimum Gasteiger partial charge on any atom is -0.494 e. The normalized spacial score (nSPS) is 13.2. The topological polar surface area (TPSA) is 114 Å². The number of anilines is 3. The predicted molar refractivity (Wildman–Crippen MR) is 153 cm³/mol. The number of carbonyl (C=O) groups is 2. The monoisotopic (exact) mass is 567 g/mol. The first-order valence-corrected chi connectivity index (χ1v) is 14.3. The van der Waals surface area contributed by atoms with Crippen LogP contribution in [0, 0.1) is 6.92 Å². The average Bonchev–Trinajstić information content (AvgIpc) is 3.37. The number of benzene rings is 3. The fraction of sp³-hybridized carbons (Fsp3) is 0.310. The van der Waals surface area contributed by atoms with Crippen molar-refractivity contribution >= 4 is 38.9 Å². The molecule has 2 amide bonds. The van der Waals surface area contributed by atoms with Crippen molar-refractivity contribution in [3.63, 3.8) is 0 Å². The second-order valence-corrected chi connectivity index (χ2v) is 11.0. The van der Waals surface area contributed by atoms with Crippen LogP contribution in [0.1, 0.15) is 25.3 Å². The summed E-state index contributed by atoms with van der Waals surface area (Å²) in [6.45, 7) is 4.35. The molecular weight excluding hydrogens is 534 g/mol. The number of nitrogens with zero attached hydrogens (tertiary/aromatic N) is 2. The van der Waals surface area contributed by atoms with Crippen molar-refractivity contribution in [3.8, 4) is 17.2 Å². The molecule has 0 spiro atoms. The van der Waals surface area contributed by atoms with Gasteiger partial charge in [0, 0.05) is 30.4 Å². The molecule has 1 fully saturated rings. The lowest BCUT2D eigenvalue weighted by atomic mass is 10.1. The molecule has 1 N–H and O–H groups in total. The van der Waals surface area contributed by atoms with Crippen molar-refractivity contribution < 1.29 is 32.2 Å². The number of methoxy groups -OCH3 is 2. The Labute approximate surface area is 234 Å². The van der Waals surface area contributed by atoms with E-state index in [2.05, 4.69) is 5.32 Å². The van der Waals surface area contributed by atoms with E-state index < -0.39 is 22.5 Å². The maximum absolute atomic E-state index is 13.9. The van der Waals surface area contributed by atoms with Gasteiger partial charge in [-0.25, -0.2) is 8.42 Å². The van der Waals surface area contributed by atoms with E-state index in [1.165, 1.54) is 32.4 Å². The Hall–Kier alpha value is -4.25. The van der Waals surface area contributed by atoms with Crippen molar-refractivity contribution in [2.75, 3.05) is 48.4 Å². The van der Waals surface area contributed by atoms with Crippen LogP contribution in [0.5, 0.6) is 17.2 Å². The fourth-order valence-electron chi connectivity index (χ4n) is 4.56. The van der Waals surface area contributed by atoms with E-state index in [1.807, 2.05) is 13.8 Å². The lowest BCUT2D eigenvalue weighted by Gasteiger charge is -2.25. The number of carbonyl (C=O) groups excluding carboxylic acids is 2. The molecule has 0 atom stereocenters. The highest BCUT2D eigenvalue weighted by Gasteiger charge is 2.29. The zero-order valence-corrected chi connectivity index (χ0v) is 23.8. The number of hydrogen-bond donors (Lipinski definition) is 1. The highest BCUT2D eigenvalue weighted by molar-refractivity contribution is 7.92. The molecule has 1 aliphatic rings. The number of nitrogens with one attached hydrogen (secondary N) is 1. The molecule has 0 aliphatic carbocycles. The predicted octanol–water partition coefficient (Wildman–Crippen LogP) is 4.37. The van der Waals surface area contributed by atoms with E-state index in [0.717, 1.165) is 22.0 Å². The quantitative estimate of drug-likeness (QED) is 0.366. The molecule has 3 aromatic carbocycles. The molecule has 1 heterocycles. The maximum atomic E-state index is 13.9. The molecule has 0 unspecified atom stereocenters. The van der Waals surface area contributed by atoms with Crippen molar-refractivity contribution in [2.45, 2.75) is 31.6 Å². The molecule has 3 aromatic rings. The SMILES string of the molecule is CCOc1ccc(N(CC(=O)Nc2ccc(N3CCCC3=O)c(C)c2)S(=O)(=O)c2ccc(OC)c(OC)c2)cc1. The first-order chi connectivity index (χ1) is 19.2. The van der Waals surface area contributed by atoms with Crippen LogP contribution in [0.4, 0.5) is 17.1 Å². The van der Waals surface area contributed by atoms with Crippen LogP contribution in [0.3, 0.4) is 0 Å². The first kappa shape index (κ1) is 28.8. The van der Waals surface area contributed by atoms with Crippen molar-refractivity contribution in [1.29, 1.82) is 0 Å². The first-order valence-electron chi connectivity index (χ1n) is 12.9. The van der Waals surface area contributed by atoms with Gasteiger partial charge in [0.25, 0.3) is 10.0 Å². The Kier molecular flexibility index (Phi) is 8.83. The number of ether oxygens (including phenoxy) is 3. The molecule has 40 heavy (non-hydrogen) atoms. The third-order valence-corrected chi connectivity index (χ3v) is 8.28. The van der Waals surface area contributed by atoms with Gasteiger partial charge >= 0.3 is 0 Å². The van der Waals surface area contributed by atoms with Gasteiger partial charge in [-0.2, -0.15) is 0 Å². The Morgan fingerprint density at radius 1 is 1.00 bits per heavy atom. The Balaban J connectivity index is 1.62.